The van der Waals surface area contributed by atoms with E-state index in [-0.39, 0.29) is 123 Å². The predicted molar refractivity (Wildman–Crippen MR) is 184 cm³/mol. The Morgan fingerprint density at radius 2 is 1.54 bits per heavy atom. The van der Waals surface area contributed by atoms with Crippen LogP contribution in [0.4, 0.5) is 0 Å². The number of carbonyl (C=O) groups is 1. The Morgan fingerprint density at radius 3 is 2.37 bits per heavy atom. The van der Waals surface area contributed by atoms with Crippen molar-refractivity contribution in [2.45, 2.75) is 194 Å². The average molecular weight is 731 g/mol. The summed E-state index contributed by atoms with van der Waals surface area (Å²) < 4.78 is 59.8. The molecule has 10 aliphatic heterocycles. The minimum absolute atomic E-state index is 0.0260. The van der Waals surface area contributed by atoms with Gasteiger partial charge in [-0.15, -0.1) is 0 Å². The van der Waals surface area contributed by atoms with E-state index in [2.05, 4.69) is 20.1 Å². The van der Waals surface area contributed by atoms with Gasteiger partial charge in [0.25, 0.3) is 0 Å². The molecule has 0 aromatic carbocycles. The van der Waals surface area contributed by atoms with Gasteiger partial charge in [0.05, 0.1) is 73.8 Å². The van der Waals surface area contributed by atoms with Crippen LogP contribution in [0.2, 0.25) is 0 Å². The Hall–Kier alpha value is -1.29. The normalized spacial score (nSPS) is 52.4. The van der Waals surface area contributed by atoms with E-state index in [1.54, 1.807) is 7.11 Å². The molecule has 12 bridgehead atoms. The zero-order valence-corrected chi connectivity index (χ0v) is 30.7. The minimum Gasteiger partial charge on any atom is -0.394 e. The molecule has 10 saturated heterocycles. The summed E-state index contributed by atoms with van der Waals surface area (Å²) in [5.74, 6) is -0.709. The van der Waals surface area contributed by atoms with E-state index in [9.17, 15) is 15.0 Å². The molecule has 290 valence electrons. The zero-order chi connectivity index (χ0) is 35.9. The second-order valence-corrected chi connectivity index (χ2v) is 17.4. The molecule has 52 heavy (non-hydrogen) atoms. The number of Topliss-reactive ketones (excluding diaryl/α,β-unsaturated/α-hetero) is 1. The Bertz CT molecular complexity index is 1370. The van der Waals surface area contributed by atoms with Gasteiger partial charge in [-0.3, -0.25) is 4.79 Å². The minimum atomic E-state index is -0.951. The first-order valence-electron chi connectivity index (χ1n) is 20.1. The second kappa shape index (κ2) is 14.3. The lowest BCUT2D eigenvalue weighted by Gasteiger charge is -2.47. The molecule has 0 amide bonds. The quantitative estimate of drug-likeness (QED) is 0.410. The molecule has 13 unspecified atom stereocenters. The van der Waals surface area contributed by atoms with Crippen molar-refractivity contribution < 1.29 is 57.6 Å². The lowest BCUT2D eigenvalue weighted by atomic mass is 9.81. The van der Waals surface area contributed by atoms with Gasteiger partial charge in [0.1, 0.15) is 36.3 Å². The number of hydrogen-bond acceptors (Lipinski definition) is 12. The standard InChI is InChI=1S/C40H58O12/c1-19-11-24-5-7-28-20(2)12-26(45-28)9-10-40-17-33-36(51-40)37-38(50-33)39(52-40)35-29(49-37)8-6-25(47-35)13-22(42)14-27-31(16-30(46-24)21(19)3)48-32(34(27)44-4)15-23(43)18-41/h19,23-39,41,43H,2-3,5-18H2,1,4H3/t19?,23?,24?,25?,26?,27?,28?,29?,30?,31-,32?,33+,34+,35-,36?,37-,38+,39?,40?/m0/s1. The van der Waals surface area contributed by atoms with Crippen LogP contribution in [0, 0.1) is 11.8 Å². The smallest absolute Gasteiger partial charge is 0.172 e. The molecule has 1 spiro atoms. The van der Waals surface area contributed by atoms with Crippen molar-refractivity contribution in [1.82, 2.24) is 0 Å². The number of carbonyl (C=O) groups excluding carboxylic acids is 1. The molecule has 2 N–H and O–H groups in total. The van der Waals surface area contributed by atoms with Crippen LogP contribution in [-0.2, 0) is 47.4 Å². The largest absolute Gasteiger partial charge is 0.394 e. The van der Waals surface area contributed by atoms with Crippen molar-refractivity contribution in [1.29, 1.82) is 0 Å². The Labute approximate surface area is 306 Å². The van der Waals surface area contributed by atoms with Crippen molar-refractivity contribution in [3.05, 3.63) is 24.3 Å². The molecule has 12 heteroatoms. The predicted octanol–water partition coefficient (Wildman–Crippen LogP) is 3.47. The summed E-state index contributed by atoms with van der Waals surface area (Å²) in [5, 5.41) is 20.1. The molecule has 0 saturated carbocycles. The maximum Gasteiger partial charge on any atom is 0.172 e. The highest BCUT2D eigenvalue weighted by molar-refractivity contribution is 5.79. The van der Waals surface area contributed by atoms with Gasteiger partial charge in [-0.1, -0.05) is 20.1 Å². The van der Waals surface area contributed by atoms with Gasteiger partial charge in [-0.05, 0) is 62.0 Å². The number of methoxy groups -OCH3 is 1. The van der Waals surface area contributed by atoms with E-state index in [0.29, 0.717) is 25.7 Å². The molecule has 0 aliphatic carbocycles. The third kappa shape index (κ3) is 6.59. The van der Waals surface area contributed by atoms with E-state index in [1.165, 1.54) is 0 Å². The van der Waals surface area contributed by atoms with Gasteiger partial charge in [-0.25, -0.2) is 0 Å². The van der Waals surface area contributed by atoms with Crippen molar-refractivity contribution in [2.24, 2.45) is 11.8 Å². The van der Waals surface area contributed by atoms with Gasteiger partial charge in [0.2, 0.25) is 0 Å². The fourth-order valence-corrected chi connectivity index (χ4v) is 11.3. The van der Waals surface area contributed by atoms with E-state index < -0.39 is 24.1 Å². The van der Waals surface area contributed by atoms with Crippen LogP contribution < -0.4 is 0 Å². The molecule has 0 aromatic rings. The molecular weight excluding hydrogens is 672 g/mol. The summed E-state index contributed by atoms with van der Waals surface area (Å²) in [6.07, 6.45) is 4.01. The number of ketones is 1. The lowest BCUT2D eigenvalue weighted by Crippen LogP contribution is -2.61. The number of ether oxygens (including phenoxy) is 9. The SMILES string of the molecule is C=C1CC2CCC34C[C@H]5O[C@H]6C(O3)[C@H]3OC(CCC3O[C@H]6C5O4)CC(=O)CC3[C@@H](OC)C(CC(O)CO)O[C@H]3CC3OC(CCC1O2)CC(C)C3=C. The Balaban J connectivity index is 0.994. The first-order valence-corrected chi connectivity index (χ1v) is 20.1. The fourth-order valence-electron chi connectivity index (χ4n) is 11.3. The van der Waals surface area contributed by atoms with Crippen molar-refractivity contribution in [3.8, 4) is 0 Å². The van der Waals surface area contributed by atoms with E-state index >= 15 is 0 Å². The van der Waals surface area contributed by atoms with Crippen molar-refractivity contribution in [2.75, 3.05) is 13.7 Å². The van der Waals surface area contributed by atoms with Crippen molar-refractivity contribution in [3.63, 3.8) is 0 Å². The summed E-state index contributed by atoms with van der Waals surface area (Å²) in [7, 11) is 1.63. The molecule has 0 radical (unpaired) electrons. The van der Waals surface area contributed by atoms with Crippen molar-refractivity contribution >= 4 is 5.78 Å². The molecule has 12 nitrogen and oxygen atoms in total. The van der Waals surface area contributed by atoms with Crippen LogP contribution in [0.5, 0.6) is 0 Å². The maximum atomic E-state index is 14.0. The van der Waals surface area contributed by atoms with Crippen LogP contribution >= 0.6 is 0 Å². The summed E-state index contributed by atoms with van der Waals surface area (Å²) >= 11 is 0. The summed E-state index contributed by atoms with van der Waals surface area (Å²) in [6.45, 7) is 10.7. The second-order valence-electron chi connectivity index (χ2n) is 17.4. The van der Waals surface area contributed by atoms with Crippen LogP contribution in [0.1, 0.15) is 90.4 Å². The summed E-state index contributed by atoms with van der Waals surface area (Å²) in [6, 6.07) is 0. The summed E-state index contributed by atoms with van der Waals surface area (Å²) in [4.78, 5) is 14.0. The third-order valence-corrected chi connectivity index (χ3v) is 13.9. The van der Waals surface area contributed by atoms with Crippen LogP contribution in [0.3, 0.4) is 0 Å². The fraction of sp³-hybridized carbons (Fsp3) is 0.875. The number of rotatable bonds is 4. The van der Waals surface area contributed by atoms with Crippen LogP contribution in [0.15, 0.2) is 24.3 Å². The highest BCUT2D eigenvalue weighted by atomic mass is 16.8. The topological polar surface area (TPSA) is 141 Å². The maximum absolute atomic E-state index is 14.0. The van der Waals surface area contributed by atoms with E-state index in [0.717, 1.165) is 49.7 Å². The third-order valence-electron chi connectivity index (χ3n) is 13.9. The molecule has 19 atom stereocenters. The van der Waals surface area contributed by atoms with Gasteiger partial charge < -0.3 is 52.8 Å². The molecule has 0 aromatic heterocycles. The Kier molecular flexibility index (Phi) is 10.0. The van der Waals surface area contributed by atoms with Gasteiger partial charge >= 0.3 is 0 Å². The van der Waals surface area contributed by atoms with E-state index in [4.69, 9.17) is 42.6 Å². The number of fused-ring (bicyclic) bond motifs is 6. The highest BCUT2D eigenvalue weighted by Gasteiger charge is 2.68. The molecule has 10 heterocycles. The summed E-state index contributed by atoms with van der Waals surface area (Å²) in [5.41, 5.74) is 2.17. The van der Waals surface area contributed by atoms with Gasteiger partial charge in [0.15, 0.2) is 5.79 Å². The first kappa shape index (κ1) is 36.4. The van der Waals surface area contributed by atoms with Gasteiger partial charge in [0, 0.05) is 51.6 Å². The first-order chi connectivity index (χ1) is 25.1. The zero-order valence-electron chi connectivity index (χ0n) is 30.7. The highest BCUT2D eigenvalue weighted by Crippen LogP contribution is 2.54. The lowest BCUT2D eigenvalue weighted by molar-refractivity contribution is -0.292. The van der Waals surface area contributed by atoms with Crippen LogP contribution in [0.25, 0.3) is 0 Å². The monoisotopic (exact) mass is 730 g/mol. The molecule has 10 fully saturated rings. The average Bonchev–Trinajstić information content (AvgIpc) is 3.79. The van der Waals surface area contributed by atoms with Gasteiger partial charge in [-0.2, -0.15) is 0 Å². The Morgan fingerprint density at radius 1 is 0.788 bits per heavy atom. The van der Waals surface area contributed by atoms with Crippen LogP contribution in [-0.4, -0.2) is 133 Å². The number of hydrogen-bond donors (Lipinski definition) is 2. The number of aliphatic hydroxyl groups excluding tert-OH is 2. The molecule has 10 rings (SSSR count). The van der Waals surface area contributed by atoms with E-state index in [1.807, 2.05) is 0 Å². The number of aliphatic hydroxyl groups is 2. The molecule has 10 aliphatic rings. The molecular formula is C40H58O12.